The van der Waals surface area contributed by atoms with Gasteiger partial charge in [0.1, 0.15) is 0 Å². The lowest BCUT2D eigenvalue weighted by Crippen LogP contribution is -2.45. The summed E-state index contributed by atoms with van der Waals surface area (Å²) < 4.78 is 0. The van der Waals surface area contributed by atoms with E-state index in [-0.39, 0.29) is 18.3 Å². The van der Waals surface area contributed by atoms with Gasteiger partial charge in [0.05, 0.1) is 17.2 Å². The van der Waals surface area contributed by atoms with Crippen LogP contribution in [0.5, 0.6) is 0 Å². The Bertz CT molecular complexity index is 481. The number of amides is 2. The average Bonchev–Trinajstić information content (AvgIpc) is 2.75. The number of aromatic nitrogens is 1. The highest BCUT2D eigenvalue weighted by Crippen LogP contribution is 2.10. The van der Waals surface area contributed by atoms with Crippen LogP contribution in [0.1, 0.15) is 29.3 Å². The number of aliphatic hydroxyl groups is 1. The molecule has 0 aliphatic carbocycles. The zero-order valence-electron chi connectivity index (χ0n) is 11.7. The maximum atomic E-state index is 11.7. The van der Waals surface area contributed by atoms with Gasteiger partial charge >= 0.3 is 12.0 Å². The number of aromatic carboxylic acids is 1. The smallest absolute Gasteiger partial charge is 0.355 e. The van der Waals surface area contributed by atoms with Crippen molar-refractivity contribution >= 4 is 23.3 Å². The van der Waals surface area contributed by atoms with Crippen molar-refractivity contribution in [2.75, 3.05) is 20.1 Å². The number of hydrogen-bond acceptors (Lipinski definition) is 5. The molecule has 2 amide bonds. The number of thiazole rings is 1. The number of nitrogens with zero attached hydrogens (tertiary/aromatic N) is 2. The molecule has 0 radical (unpaired) electrons. The summed E-state index contributed by atoms with van der Waals surface area (Å²) in [5, 5.41) is 23.2. The summed E-state index contributed by atoms with van der Waals surface area (Å²) in [6, 6.07) is -0.290. The fourth-order valence-electron chi connectivity index (χ4n) is 1.59. The highest BCUT2D eigenvalue weighted by atomic mass is 32.1. The largest absolute Gasteiger partial charge is 0.476 e. The standard InChI is InChI=1S/C12H19N3O4S/c1-12(2,19)7-15(3)11(18)13-5-4-9-14-8(6-20-9)10(16)17/h6,19H,4-5,7H2,1-3H3,(H,13,18)(H,16,17). The molecule has 1 heterocycles. The van der Waals surface area contributed by atoms with Gasteiger partial charge in [-0.3, -0.25) is 0 Å². The molecule has 112 valence electrons. The van der Waals surface area contributed by atoms with Gasteiger partial charge in [-0.1, -0.05) is 0 Å². The monoisotopic (exact) mass is 301 g/mol. The lowest BCUT2D eigenvalue weighted by Gasteiger charge is -2.25. The molecule has 1 rings (SSSR count). The number of carboxylic acid groups (broad SMARTS) is 1. The second-order valence-corrected chi connectivity index (χ2v) is 6.02. The summed E-state index contributed by atoms with van der Waals surface area (Å²) in [6.07, 6.45) is 0.472. The van der Waals surface area contributed by atoms with Crippen LogP contribution in [-0.4, -0.2) is 57.8 Å². The van der Waals surface area contributed by atoms with Crippen LogP contribution < -0.4 is 5.32 Å². The third kappa shape index (κ3) is 5.54. The molecule has 20 heavy (non-hydrogen) atoms. The molecule has 7 nitrogen and oxygen atoms in total. The van der Waals surface area contributed by atoms with E-state index < -0.39 is 11.6 Å². The maximum Gasteiger partial charge on any atom is 0.355 e. The zero-order valence-corrected chi connectivity index (χ0v) is 12.5. The molecule has 1 aromatic rings. The van der Waals surface area contributed by atoms with Crippen LogP contribution in [0.25, 0.3) is 0 Å². The van der Waals surface area contributed by atoms with Crippen molar-refractivity contribution in [3.8, 4) is 0 Å². The van der Waals surface area contributed by atoms with Gasteiger partial charge in [-0.25, -0.2) is 14.6 Å². The highest BCUT2D eigenvalue weighted by Gasteiger charge is 2.19. The van der Waals surface area contributed by atoms with Gasteiger partial charge in [-0.2, -0.15) is 0 Å². The van der Waals surface area contributed by atoms with E-state index in [9.17, 15) is 14.7 Å². The summed E-state index contributed by atoms with van der Waals surface area (Å²) in [5.41, 5.74) is -0.923. The van der Waals surface area contributed by atoms with Crippen LogP contribution in [0, 0.1) is 0 Å². The second kappa shape index (κ2) is 6.67. The Morgan fingerprint density at radius 2 is 2.15 bits per heavy atom. The molecule has 0 unspecified atom stereocenters. The van der Waals surface area contributed by atoms with Gasteiger partial charge in [0.15, 0.2) is 5.69 Å². The Kier molecular flexibility index (Phi) is 5.46. The molecular formula is C12H19N3O4S. The number of carbonyl (C=O) groups is 2. The first-order valence-electron chi connectivity index (χ1n) is 6.08. The number of carboxylic acids is 1. The minimum absolute atomic E-state index is 0.0236. The average molecular weight is 301 g/mol. The third-order valence-corrected chi connectivity index (χ3v) is 3.27. The van der Waals surface area contributed by atoms with Crippen molar-refractivity contribution in [1.82, 2.24) is 15.2 Å². The summed E-state index contributed by atoms with van der Waals surface area (Å²) in [5.74, 6) is -1.05. The summed E-state index contributed by atoms with van der Waals surface area (Å²) in [7, 11) is 1.60. The van der Waals surface area contributed by atoms with Gasteiger partial charge in [0.2, 0.25) is 0 Å². The van der Waals surface area contributed by atoms with Crippen LogP contribution in [-0.2, 0) is 6.42 Å². The predicted octanol–water partition coefficient (Wildman–Crippen LogP) is 0.796. The Morgan fingerprint density at radius 1 is 1.50 bits per heavy atom. The molecule has 0 atom stereocenters. The first-order chi connectivity index (χ1) is 9.19. The van der Waals surface area contributed by atoms with E-state index in [1.165, 1.54) is 21.6 Å². The molecule has 0 spiro atoms. The molecule has 0 aromatic carbocycles. The highest BCUT2D eigenvalue weighted by molar-refractivity contribution is 7.09. The molecule has 0 saturated heterocycles. The van der Waals surface area contributed by atoms with E-state index in [1.54, 1.807) is 20.9 Å². The van der Waals surface area contributed by atoms with E-state index in [1.807, 2.05) is 0 Å². The topological polar surface area (TPSA) is 103 Å². The molecule has 0 bridgehead atoms. The van der Waals surface area contributed by atoms with Gasteiger partial charge in [0.25, 0.3) is 0 Å². The van der Waals surface area contributed by atoms with Crippen molar-refractivity contribution in [3.63, 3.8) is 0 Å². The molecule has 0 fully saturated rings. The van der Waals surface area contributed by atoms with Gasteiger partial charge in [0, 0.05) is 25.4 Å². The van der Waals surface area contributed by atoms with E-state index in [0.717, 1.165) is 0 Å². The molecular weight excluding hydrogens is 282 g/mol. The van der Waals surface area contributed by atoms with Crippen LogP contribution >= 0.6 is 11.3 Å². The van der Waals surface area contributed by atoms with Crippen molar-refractivity contribution in [1.29, 1.82) is 0 Å². The fourth-order valence-corrected chi connectivity index (χ4v) is 2.36. The van der Waals surface area contributed by atoms with Crippen LogP contribution in [0.3, 0.4) is 0 Å². The Balaban J connectivity index is 2.36. The minimum atomic E-state index is -1.05. The Hall–Kier alpha value is -1.67. The summed E-state index contributed by atoms with van der Waals surface area (Å²) in [6.45, 7) is 3.83. The lowest BCUT2D eigenvalue weighted by molar-refractivity contribution is 0.0532. The van der Waals surface area contributed by atoms with E-state index in [0.29, 0.717) is 18.0 Å². The molecule has 1 aromatic heterocycles. The van der Waals surface area contributed by atoms with Crippen LogP contribution in [0.2, 0.25) is 0 Å². The molecule has 0 aliphatic rings. The molecule has 0 saturated carbocycles. The summed E-state index contributed by atoms with van der Waals surface area (Å²) in [4.78, 5) is 27.7. The predicted molar refractivity (Wildman–Crippen MR) is 75.1 cm³/mol. The van der Waals surface area contributed by atoms with Crippen LogP contribution in [0.15, 0.2) is 5.38 Å². The SMILES string of the molecule is CN(CC(C)(C)O)C(=O)NCCc1nc(C(=O)O)cs1. The van der Waals surface area contributed by atoms with E-state index in [4.69, 9.17) is 5.11 Å². The number of rotatable bonds is 6. The number of urea groups is 1. The van der Waals surface area contributed by atoms with Crippen LogP contribution in [0.4, 0.5) is 4.79 Å². The molecule has 8 heteroatoms. The lowest BCUT2D eigenvalue weighted by atomic mass is 10.1. The van der Waals surface area contributed by atoms with Gasteiger partial charge in [-0.15, -0.1) is 11.3 Å². The van der Waals surface area contributed by atoms with Crippen molar-refractivity contribution in [2.45, 2.75) is 25.9 Å². The summed E-state index contributed by atoms with van der Waals surface area (Å²) >= 11 is 1.25. The third-order valence-electron chi connectivity index (χ3n) is 2.36. The van der Waals surface area contributed by atoms with Crippen molar-refractivity contribution in [2.24, 2.45) is 0 Å². The van der Waals surface area contributed by atoms with E-state index >= 15 is 0 Å². The molecule has 3 N–H and O–H groups in total. The van der Waals surface area contributed by atoms with Crippen molar-refractivity contribution < 1.29 is 19.8 Å². The first kappa shape index (κ1) is 16.4. The number of carbonyl (C=O) groups excluding carboxylic acids is 1. The molecule has 0 aliphatic heterocycles. The zero-order chi connectivity index (χ0) is 15.3. The Labute approximate surface area is 121 Å². The van der Waals surface area contributed by atoms with E-state index in [2.05, 4.69) is 10.3 Å². The quantitative estimate of drug-likeness (QED) is 0.721. The Morgan fingerprint density at radius 3 is 2.65 bits per heavy atom. The first-order valence-corrected chi connectivity index (χ1v) is 6.96. The van der Waals surface area contributed by atoms with Gasteiger partial charge < -0.3 is 20.4 Å². The maximum absolute atomic E-state index is 11.7. The number of nitrogens with one attached hydrogen (secondary N) is 1. The second-order valence-electron chi connectivity index (χ2n) is 5.08. The number of hydrogen-bond donors (Lipinski definition) is 3. The fraction of sp³-hybridized carbons (Fsp3) is 0.583. The number of likely N-dealkylation sites (N-methyl/N-ethyl adjacent to an activating group) is 1. The minimum Gasteiger partial charge on any atom is -0.476 e. The van der Waals surface area contributed by atoms with Gasteiger partial charge in [-0.05, 0) is 13.8 Å². The van der Waals surface area contributed by atoms with Crippen molar-refractivity contribution in [3.05, 3.63) is 16.1 Å². The normalized spacial score (nSPS) is 11.2.